The maximum absolute atomic E-state index is 12.0. The SMILES string of the molecule is CCc1ccn2cc(-c3ccc(OCCCF)cc3)nc2n1. The van der Waals surface area contributed by atoms with Crippen LogP contribution in [0.3, 0.4) is 0 Å². The normalized spacial score (nSPS) is 11.0. The van der Waals surface area contributed by atoms with Gasteiger partial charge in [0.1, 0.15) is 5.75 Å². The van der Waals surface area contributed by atoms with Crippen molar-refractivity contribution >= 4 is 5.78 Å². The maximum Gasteiger partial charge on any atom is 0.234 e. The van der Waals surface area contributed by atoms with E-state index in [1.165, 1.54) is 0 Å². The quantitative estimate of drug-likeness (QED) is 0.652. The van der Waals surface area contributed by atoms with Crippen molar-refractivity contribution in [2.45, 2.75) is 19.8 Å². The zero-order chi connectivity index (χ0) is 15.4. The fourth-order valence-corrected chi connectivity index (χ4v) is 2.21. The topological polar surface area (TPSA) is 39.4 Å². The van der Waals surface area contributed by atoms with Gasteiger partial charge in [0.15, 0.2) is 0 Å². The van der Waals surface area contributed by atoms with Gasteiger partial charge in [0, 0.05) is 30.1 Å². The summed E-state index contributed by atoms with van der Waals surface area (Å²) in [7, 11) is 0. The summed E-state index contributed by atoms with van der Waals surface area (Å²) in [6, 6.07) is 9.66. The third kappa shape index (κ3) is 3.08. The average Bonchev–Trinajstić information content (AvgIpc) is 2.98. The van der Waals surface area contributed by atoms with Crippen LogP contribution in [0.4, 0.5) is 4.39 Å². The van der Waals surface area contributed by atoms with Crippen molar-refractivity contribution in [3.8, 4) is 17.0 Å². The predicted octanol–water partition coefficient (Wildman–Crippen LogP) is 3.70. The predicted molar refractivity (Wildman–Crippen MR) is 83.9 cm³/mol. The van der Waals surface area contributed by atoms with E-state index >= 15 is 0 Å². The molecule has 114 valence electrons. The fraction of sp³-hybridized carbons (Fsp3) is 0.294. The molecule has 2 aromatic heterocycles. The second kappa shape index (κ2) is 6.56. The van der Waals surface area contributed by atoms with E-state index in [1.807, 2.05) is 47.1 Å². The fourth-order valence-electron chi connectivity index (χ4n) is 2.21. The number of aryl methyl sites for hydroxylation is 1. The Labute approximate surface area is 128 Å². The number of ether oxygens (including phenoxy) is 1. The Kier molecular flexibility index (Phi) is 4.32. The molecule has 0 aliphatic heterocycles. The minimum Gasteiger partial charge on any atom is -0.493 e. The molecule has 2 heterocycles. The van der Waals surface area contributed by atoms with Crippen LogP contribution < -0.4 is 4.74 Å². The Morgan fingerprint density at radius 3 is 2.68 bits per heavy atom. The van der Waals surface area contributed by atoms with Crippen molar-refractivity contribution in [1.29, 1.82) is 0 Å². The molecule has 0 atom stereocenters. The zero-order valence-electron chi connectivity index (χ0n) is 12.5. The molecule has 0 aliphatic carbocycles. The Morgan fingerprint density at radius 1 is 1.14 bits per heavy atom. The number of aromatic nitrogens is 3. The Morgan fingerprint density at radius 2 is 1.95 bits per heavy atom. The van der Waals surface area contributed by atoms with Crippen molar-refractivity contribution in [2.24, 2.45) is 0 Å². The van der Waals surface area contributed by atoms with Crippen LogP contribution in [0.1, 0.15) is 19.0 Å². The number of hydrogen-bond acceptors (Lipinski definition) is 3. The molecule has 22 heavy (non-hydrogen) atoms. The molecule has 0 saturated carbocycles. The first-order valence-corrected chi connectivity index (χ1v) is 7.44. The first-order valence-electron chi connectivity index (χ1n) is 7.44. The summed E-state index contributed by atoms with van der Waals surface area (Å²) < 4.78 is 19.4. The van der Waals surface area contributed by atoms with Crippen LogP contribution in [0.25, 0.3) is 17.0 Å². The number of imidazole rings is 1. The summed E-state index contributed by atoms with van der Waals surface area (Å²) in [4.78, 5) is 9.06. The van der Waals surface area contributed by atoms with Gasteiger partial charge in [-0.1, -0.05) is 6.92 Å². The summed E-state index contributed by atoms with van der Waals surface area (Å²) >= 11 is 0. The molecule has 0 amide bonds. The van der Waals surface area contributed by atoms with Crippen molar-refractivity contribution in [3.63, 3.8) is 0 Å². The van der Waals surface area contributed by atoms with Crippen molar-refractivity contribution in [1.82, 2.24) is 14.4 Å². The van der Waals surface area contributed by atoms with E-state index in [1.54, 1.807) is 0 Å². The van der Waals surface area contributed by atoms with Gasteiger partial charge in [-0.05, 0) is 36.8 Å². The summed E-state index contributed by atoms with van der Waals surface area (Å²) in [6.07, 6.45) is 5.25. The molecule has 5 heteroatoms. The van der Waals surface area contributed by atoms with E-state index in [9.17, 15) is 4.39 Å². The molecule has 0 bridgehead atoms. The Hall–Kier alpha value is -2.43. The van der Waals surface area contributed by atoms with Crippen LogP contribution in [-0.4, -0.2) is 27.7 Å². The Bertz CT molecular complexity index is 752. The van der Waals surface area contributed by atoms with E-state index in [0.717, 1.165) is 29.1 Å². The van der Waals surface area contributed by atoms with E-state index in [-0.39, 0.29) is 6.67 Å². The second-order valence-corrected chi connectivity index (χ2v) is 5.02. The molecule has 0 unspecified atom stereocenters. The first kappa shape index (κ1) is 14.5. The molecule has 0 spiro atoms. The third-order valence-electron chi connectivity index (χ3n) is 3.44. The van der Waals surface area contributed by atoms with Crippen molar-refractivity contribution in [2.75, 3.05) is 13.3 Å². The van der Waals surface area contributed by atoms with Gasteiger partial charge in [-0.3, -0.25) is 8.79 Å². The van der Waals surface area contributed by atoms with Crippen molar-refractivity contribution < 1.29 is 9.13 Å². The molecule has 0 fully saturated rings. The summed E-state index contributed by atoms with van der Waals surface area (Å²) in [5.41, 5.74) is 2.90. The van der Waals surface area contributed by atoms with E-state index in [2.05, 4.69) is 16.9 Å². The number of alkyl halides is 1. The van der Waals surface area contributed by atoms with Gasteiger partial charge in [-0.25, -0.2) is 9.97 Å². The average molecular weight is 299 g/mol. The molecular formula is C17H18FN3O. The molecule has 0 saturated heterocycles. The smallest absolute Gasteiger partial charge is 0.234 e. The maximum atomic E-state index is 12.0. The molecule has 3 aromatic rings. The van der Waals surface area contributed by atoms with Crippen LogP contribution in [-0.2, 0) is 6.42 Å². The van der Waals surface area contributed by atoms with Gasteiger partial charge in [-0.2, -0.15) is 0 Å². The molecule has 0 radical (unpaired) electrons. The van der Waals surface area contributed by atoms with Gasteiger partial charge in [0.25, 0.3) is 0 Å². The molecule has 3 rings (SSSR count). The van der Waals surface area contributed by atoms with E-state index in [4.69, 9.17) is 4.74 Å². The molecule has 1 aromatic carbocycles. The lowest BCUT2D eigenvalue weighted by atomic mass is 10.2. The summed E-state index contributed by atoms with van der Waals surface area (Å²) in [5.74, 6) is 1.45. The van der Waals surface area contributed by atoms with Gasteiger partial charge < -0.3 is 4.74 Å². The number of hydrogen-bond donors (Lipinski definition) is 0. The minimum absolute atomic E-state index is 0.355. The Balaban J connectivity index is 1.81. The number of nitrogens with zero attached hydrogens (tertiary/aromatic N) is 3. The second-order valence-electron chi connectivity index (χ2n) is 5.02. The van der Waals surface area contributed by atoms with Crippen LogP contribution >= 0.6 is 0 Å². The van der Waals surface area contributed by atoms with Crippen LogP contribution in [0.5, 0.6) is 5.75 Å². The standard InChI is InChI=1S/C17H18FN3O/c1-2-14-8-10-21-12-16(20-17(21)19-14)13-4-6-15(7-5-13)22-11-3-9-18/h4-8,10,12H,2-3,9,11H2,1H3. The highest BCUT2D eigenvalue weighted by Crippen LogP contribution is 2.22. The van der Waals surface area contributed by atoms with Gasteiger partial charge >= 0.3 is 0 Å². The number of fused-ring (bicyclic) bond motifs is 1. The van der Waals surface area contributed by atoms with Crippen LogP contribution in [0.2, 0.25) is 0 Å². The van der Waals surface area contributed by atoms with Gasteiger partial charge in [-0.15, -0.1) is 0 Å². The van der Waals surface area contributed by atoms with Gasteiger partial charge in [0.05, 0.1) is 19.0 Å². The summed E-state index contributed by atoms with van der Waals surface area (Å²) in [5, 5.41) is 0. The number of benzene rings is 1. The highest BCUT2D eigenvalue weighted by atomic mass is 19.1. The lowest BCUT2D eigenvalue weighted by Crippen LogP contribution is -1.97. The largest absolute Gasteiger partial charge is 0.493 e. The summed E-state index contributed by atoms with van der Waals surface area (Å²) in [6.45, 7) is 2.12. The lowest BCUT2D eigenvalue weighted by Gasteiger charge is -2.04. The zero-order valence-corrected chi connectivity index (χ0v) is 12.5. The van der Waals surface area contributed by atoms with Crippen LogP contribution in [0, 0.1) is 0 Å². The van der Waals surface area contributed by atoms with Gasteiger partial charge in [0.2, 0.25) is 5.78 Å². The first-order chi connectivity index (χ1) is 10.8. The molecule has 0 aliphatic rings. The molecule has 0 N–H and O–H groups in total. The highest BCUT2D eigenvalue weighted by molar-refractivity contribution is 5.62. The lowest BCUT2D eigenvalue weighted by molar-refractivity contribution is 0.289. The third-order valence-corrected chi connectivity index (χ3v) is 3.44. The van der Waals surface area contributed by atoms with E-state index < -0.39 is 0 Å². The molecular weight excluding hydrogens is 281 g/mol. The van der Waals surface area contributed by atoms with E-state index in [0.29, 0.717) is 18.8 Å². The van der Waals surface area contributed by atoms with Crippen LogP contribution in [0.15, 0.2) is 42.7 Å². The van der Waals surface area contributed by atoms with Crippen molar-refractivity contribution in [3.05, 3.63) is 48.4 Å². The highest BCUT2D eigenvalue weighted by Gasteiger charge is 2.06. The number of rotatable bonds is 6. The minimum atomic E-state index is -0.355. The number of halogens is 1. The molecule has 4 nitrogen and oxygen atoms in total. The monoisotopic (exact) mass is 299 g/mol.